The van der Waals surface area contributed by atoms with Gasteiger partial charge in [0, 0.05) is 11.8 Å². The van der Waals surface area contributed by atoms with Gasteiger partial charge in [0.2, 0.25) is 12.7 Å². The zero-order valence-corrected chi connectivity index (χ0v) is 13.9. The molecule has 1 aliphatic rings. The Kier molecular flexibility index (Phi) is 4.85. The molecule has 0 saturated carbocycles. The summed E-state index contributed by atoms with van der Waals surface area (Å²) < 4.78 is 10.6. The van der Waals surface area contributed by atoms with Crippen LogP contribution in [0.3, 0.4) is 0 Å². The average molecular weight is 323 g/mol. The van der Waals surface area contributed by atoms with E-state index in [1.807, 2.05) is 36.4 Å². The Balaban J connectivity index is 1.70. The molecule has 0 aromatic heterocycles. The maximum Gasteiger partial charge on any atom is 0.248 e. The first-order valence-corrected chi connectivity index (χ1v) is 8.15. The van der Waals surface area contributed by atoms with Gasteiger partial charge in [0.05, 0.1) is 0 Å². The zero-order valence-electron chi connectivity index (χ0n) is 13.9. The highest BCUT2D eigenvalue weighted by molar-refractivity contribution is 6.02. The summed E-state index contributed by atoms with van der Waals surface area (Å²) in [7, 11) is 0. The van der Waals surface area contributed by atoms with Gasteiger partial charge < -0.3 is 14.8 Å². The number of hydrogen-bond donors (Lipinski definition) is 1. The second-order valence-corrected chi connectivity index (χ2v) is 5.83. The van der Waals surface area contributed by atoms with E-state index in [1.54, 1.807) is 6.08 Å². The molecule has 0 saturated heterocycles. The number of carbonyl (C=O) groups is 1. The Hall–Kier alpha value is -2.75. The number of anilines is 1. The number of para-hydroxylation sites is 1. The molecule has 4 nitrogen and oxygen atoms in total. The second-order valence-electron chi connectivity index (χ2n) is 5.83. The molecule has 0 aliphatic carbocycles. The van der Waals surface area contributed by atoms with Crippen molar-refractivity contribution in [2.24, 2.45) is 0 Å². The lowest BCUT2D eigenvalue weighted by Crippen LogP contribution is -2.10. The Labute approximate surface area is 142 Å². The van der Waals surface area contributed by atoms with Crippen molar-refractivity contribution in [1.82, 2.24) is 0 Å². The van der Waals surface area contributed by atoms with Crippen molar-refractivity contribution in [3.8, 4) is 11.5 Å². The quantitative estimate of drug-likeness (QED) is 0.819. The third-order valence-corrected chi connectivity index (χ3v) is 4.19. The van der Waals surface area contributed by atoms with E-state index in [9.17, 15) is 4.79 Å². The van der Waals surface area contributed by atoms with Gasteiger partial charge in [0.15, 0.2) is 11.5 Å². The first-order valence-electron chi connectivity index (χ1n) is 8.15. The molecule has 0 unspecified atom stereocenters. The number of amides is 1. The minimum atomic E-state index is -0.150. The predicted molar refractivity (Wildman–Crippen MR) is 95.4 cm³/mol. The molecular weight excluding hydrogens is 302 g/mol. The van der Waals surface area contributed by atoms with Crippen molar-refractivity contribution in [3.05, 3.63) is 59.7 Å². The van der Waals surface area contributed by atoms with E-state index < -0.39 is 0 Å². The Morgan fingerprint density at radius 1 is 1.21 bits per heavy atom. The predicted octanol–water partition coefficient (Wildman–Crippen LogP) is 4.58. The fourth-order valence-electron chi connectivity index (χ4n) is 2.62. The average Bonchev–Trinajstić information content (AvgIpc) is 3.07. The Morgan fingerprint density at radius 3 is 2.83 bits per heavy atom. The SMILES string of the molecule is CC[C@@H](C)c1ccccc1NC(=O)/C=C/c1ccc2c(c1)OCO2. The molecule has 1 aliphatic heterocycles. The molecule has 1 N–H and O–H groups in total. The van der Waals surface area contributed by atoms with Crippen LogP contribution < -0.4 is 14.8 Å². The molecule has 0 fully saturated rings. The molecule has 24 heavy (non-hydrogen) atoms. The Morgan fingerprint density at radius 2 is 2.00 bits per heavy atom. The summed E-state index contributed by atoms with van der Waals surface area (Å²) >= 11 is 0. The van der Waals surface area contributed by atoms with E-state index >= 15 is 0 Å². The third kappa shape index (κ3) is 3.59. The van der Waals surface area contributed by atoms with Crippen LogP contribution in [-0.2, 0) is 4.79 Å². The van der Waals surface area contributed by atoms with Gasteiger partial charge in [-0.3, -0.25) is 4.79 Å². The first-order chi connectivity index (χ1) is 11.7. The maximum absolute atomic E-state index is 12.2. The summed E-state index contributed by atoms with van der Waals surface area (Å²) in [5.74, 6) is 1.70. The summed E-state index contributed by atoms with van der Waals surface area (Å²) in [4.78, 5) is 12.2. The van der Waals surface area contributed by atoms with Crippen LogP contribution in [0.2, 0.25) is 0 Å². The van der Waals surface area contributed by atoms with Crippen LogP contribution in [0.5, 0.6) is 11.5 Å². The fourth-order valence-corrected chi connectivity index (χ4v) is 2.62. The molecule has 0 bridgehead atoms. The normalized spacial score (nSPS) is 13.9. The minimum Gasteiger partial charge on any atom is -0.454 e. The molecule has 1 heterocycles. The maximum atomic E-state index is 12.2. The molecule has 3 rings (SSSR count). The van der Waals surface area contributed by atoms with E-state index in [4.69, 9.17) is 9.47 Å². The molecular formula is C20H21NO3. The lowest BCUT2D eigenvalue weighted by atomic mass is 9.97. The molecule has 0 radical (unpaired) electrons. The highest BCUT2D eigenvalue weighted by Crippen LogP contribution is 2.32. The molecule has 1 amide bonds. The molecule has 0 spiro atoms. The highest BCUT2D eigenvalue weighted by atomic mass is 16.7. The van der Waals surface area contributed by atoms with Crippen LogP contribution in [0.15, 0.2) is 48.5 Å². The lowest BCUT2D eigenvalue weighted by Gasteiger charge is -2.14. The third-order valence-electron chi connectivity index (χ3n) is 4.19. The number of hydrogen-bond acceptors (Lipinski definition) is 3. The van der Waals surface area contributed by atoms with Crippen molar-refractivity contribution < 1.29 is 14.3 Å². The summed E-state index contributed by atoms with van der Waals surface area (Å²) in [6, 6.07) is 13.5. The molecule has 4 heteroatoms. The molecule has 124 valence electrons. The number of rotatable bonds is 5. The van der Waals surface area contributed by atoms with Crippen molar-refractivity contribution >= 4 is 17.7 Å². The lowest BCUT2D eigenvalue weighted by molar-refractivity contribution is -0.111. The summed E-state index contributed by atoms with van der Waals surface area (Å²) in [5, 5.41) is 2.97. The number of nitrogens with one attached hydrogen (secondary N) is 1. The summed E-state index contributed by atoms with van der Waals surface area (Å²) in [5.41, 5.74) is 2.92. The second kappa shape index (κ2) is 7.21. The topological polar surface area (TPSA) is 47.6 Å². The number of fused-ring (bicyclic) bond motifs is 1. The van der Waals surface area contributed by atoms with Crippen LogP contribution in [0.4, 0.5) is 5.69 Å². The van der Waals surface area contributed by atoms with E-state index in [0.29, 0.717) is 11.7 Å². The van der Waals surface area contributed by atoms with E-state index in [0.717, 1.165) is 29.0 Å². The largest absolute Gasteiger partial charge is 0.454 e. The highest BCUT2D eigenvalue weighted by Gasteiger charge is 2.13. The van der Waals surface area contributed by atoms with Gasteiger partial charge in [0.25, 0.3) is 0 Å². The first kappa shape index (κ1) is 16.1. The van der Waals surface area contributed by atoms with E-state index in [1.165, 1.54) is 6.08 Å². The molecule has 1 atom stereocenters. The van der Waals surface area contributed by atoms with Gasteiger partial charge in [-0.1, -0.05) is 38.1 Å². The monoisotopic (exact) mass is 323 g/mol. The van der Waals surface area contributed by atoms with Gasteiger partial charge in [-0.15, -0.1) is 0 Å². The van der Waals surface area contributed by atoms with Gasteiger partial charge in [-0.25, -0.2) is 0 Å². The van der Waals surface area contributed by atoms with Crippen molar-refractivity contribution in [2.45, 2.75) is 26.2 Å². The summed E-state index contributed by atoms with van der Waals surface area (Å²) in [6.07, 6.45) is 4.33. The van der Waals surface area contributed by atoms with E-state index in [2.05, 4.69) is 25.2 Å². The van der Waals surface area contributed by atoms with Gasteiger partial charge in [-0.2, -0.15) is 0 Å². The van der Waals surface area contributed by atoms with Crippen molar-refractivity contribution in [2.75, 3.05) is 12.1 Å². The number of ether oxygens (including phenoxy) is 2. The zero-order chi connectivity index (χ0) is 16.9. The molecule has 2 aromatic carbocycles. The Bertz CT molecular complexity index is 767. The fraction of sp³-hybridized carbons (Fsp3) is 0.250. The van der Waals surface area contributed by atoms with Crippen LogP contribution in [0, 0.1) is 0 Å². The number of benzene rings is 2. The number of carbonyl (C=O) groups excluding carboxylic acids is 1. The van der Waals surface area contributed by atoms with Crippen LogP contribution in [0.1, 0.15) is 37.3 Å². The van der Waals surface area contributed by atoms with Crippen molar-refractivity contribution in [1.29, 1.82) is 0 Å². The van der Waals surface area contributed by atoms with Crippen molar-refractivity contribution in [3.63, 3.8) is 0 Å². The van der Waals surface area contributed by atoms with E-state index in [-0.39, 0.29) is 12.7 Å². The van der Waals surface area contributed by atoms with Gasteiger partial charge >= 0.3 is 0 Å². The van der Waals surface area contributed by atoms with Crippen LogP contribution >= 0.6 is 0 Å². The van der Waals surface area contributed by atoms with Crippen LogP contribution in [0.25, 0.3) is 6.08 Å². The van der Waals surface area contributed by atoms with Gasteiger partial charge in [-0.05, 0) is 47.7 Å². The molecule has 2 aromatic rings. The smallest absolute Gasteiger partial charge is 0.248 e. The standard InChI is InChI=1S/C20H21NO3/c1-3-14(2)16-6-4-5-7-17(16)21-20(22)11-9-15-8-10-18-19(12-15)24-13-23-18/h4-12,14H,3,13H2,1-2H3,(H,21,22)/b11-9+/t14-/m1/s1. The summed E-state index contributed by atoms with van der Waals surface area (Å²) in [6.45, 7) is 4.55. The van der Waals surface area contributed by atoms with Gasteiger partial charge in [0.1, 0.15) is 0 Å². The minimum absolute atomic E-state index is 0.150. The van der Waals surface area contributed by atoms with Crippen LogP contribution in [-0.4, -0.2) is 12.7 Å².